The van der Waals surface area contributed by atoms with E-state index in [-0.39, 0.29) is 5.91 Å². The third-order valence-electron chi connectivity index (χ3n) is 5.69. The number of anilines is 1. The van der Waals surface area contributed by atoms with Gasteiger partial charge in [0, 0.05) is 61.1 Å². The second-order valence-electron chi connectivity index (χ2n) is 7.94. The molecule has 0 radical (unpaired) electrons. The summed E-state index contributed by atoms with van der Waals surface area (Å²) in [5, 5.41) is 2.93. The van der Waals surface area contributed by atoms with Gasteiger partial charge >= 0.3 is 0 Å². The number of morpholine rings is 1. The average Bonchev–Trinajstić information content (AvgIpc) is 3.29. The summed E-state index contributed by atoms with van der Waals surface area (Å²) in [4.78, 5) is 23.6. The van der Waals surface area contributed by atoms with Gasteiger partial charge in [0.2, 0.25) is 5.91 Å². The molecule has 0 saturated carbocycles. The zero-order valence-corrected chi connectivity index (χ0v) is 18.2. The molecule has 0 unspecified atom stereocenters. The Hall–Kier alpha value is -3.81. The Balaban J connectivity index is 1.26. The van der Waals surface area contributed by atoms with Crippen molar-refractivity contribution in [2.24, 2.45) is 0 Å². The molecule has 1 N–H and O–H groups in total. The van der Waals surface area contributed by atoms with Gasteiger partial charge in [0.05, 0.1) is 25.1 Å². The molecular formula is C26H25N5O2. The molecule has 7 nitrogen and oxygen atoms in total. The first-order valence-electron chi connectivity index (χ1n) is 11.0. The van der Waals surface area contributed by atoms with E-state index >= 15 is 0 Å². The summed E-state index contributed by atoms with van der Waals surface area (Å²) in [6, 6.07) is 15.8. The monoisotopic (exact) mass is 439 g/mol. The van der Waals surface area contributed by atoms with Crippen LogP contribution in [-0.4, -0.2) is 51.5 Å². The van der Waals surface area contributed by atoms with Crippen LogP contribution in [0, 0.1) is 0 Å². The Bertz CT molecular complexity index is 1270. The predicted octanol–water partition coefficient (Wildman–Crippen LogP) is 3.88. The number of carbonyl (C=O) groups excluding carboxylic acids is 1. The van der Waals surface area contributed by atoms with Gasteiger partial charge in [-0.15, -0.1) is 0 Å². The number of rotatable bonds is 6. The van der Waals surface area contributed by atoms with E-state index in [1.807, 2.05) is 53.2 Å². The number of hydrogen-bond acceptors (Lipinski definition) is 5. The number of carbonyl (C=O) groups is 1. The van der Waals surface area contributed by atoms with Crippen molar-refractivity contribution in [1.29, 1.82) is 0 Å². The van der Waals surface area contributed by atoms with E-state index in [9.17, 15) is 4.79 Å². The molecule has 1 aromatic carbocycles. The second-order valence-corrected chi connectivity index (χ2v) is 7.94. The highest BCUT2D eigenvalue weighted by Crippen LogP contribution is 2.25. The summed E-state index contributed by atoms with van der Waals surface area (Å²) < 4.78 is 7.42. The standard InChI is InChI=1S/C26H25N5O2/c32-26(29-22-7-4-20(5-8-22)19-30-13-15-33-16-14-30)9-6-21-17-27-11-10-23(21)24-18-28-25-3-1-2-12-31(24)25/h1-12,17-18H,13-16,19H2,(H,29,32). The van der Waals surface area contributed by atoms with Gasteiger partial charge in [0.15, 0.2) is 0 Å². The maximum Gasteiger partial charge on any atom is 0.248 e. The number of fused-ring (bicyclic) bond motifs is 1. The van der Waals surface area contributed by atoms with Crippen LogP contribution >= 0.6 is 0 Å². The average molecular weight is 440 g/mol. The van der Waals surface area contributed by atoms with Crippen molar-refractivity contribution in [2.45, 2.75) is 6.54 Å². The molecule has 0 spiro atoms. The largest absolute Gasteiger partial charge is 0.379 e. The molecule has 1 amide bonds. The van der Waals surface area contributed by atoms with Crippen LogP contribution in [0.15, 0.2) is 79.4 Å². The third kappa shape index (κ3) is 5.00. The number of hydrogen-bond donors (Lipinski definition) is 1. The summed E-state index contributed by atoms with van der Waals surface area (Å²) in [5.41, 5.74) is 5.61. The number of nitrogens with one attached hydrogen (secondary N) is 1. The Kier molecular flexibility index (Phi) is 6.23. The van der Waals surface area contributed by atoms with Gasteiger partial charge in [0.25, 0.3) is 0 Å². The van der Waals surface area contributed by atoms with Gasteiger partial charge in [-0.25, -0.2) is 4.98 Å². The van der Waals surface area contributed by atoms with Crippen LogP contribution in [0.25, 0.3) is 23.0 Å². The van der Waals surface area contributed by atoms with E-state index < -0.39 is 0 Å². The van der Waals surface area contributed by atoms with E-state index in [1.165, 1.54) is 11.6 Å². The van der Waals surface area contributed by atoms with Crippen molar-refractivity contribution in [3.63, 3.8) is 0 Å². The molecule has 0 bridgehead atoms. The van der Waals surface area contributed by atoms with Gasteiger partial charge < -0.3 is 10.1 Å². The second kappa shape index (κ2) is 9.77. The highest BCUT2D eigenvalue weighted by atomic mass is 16.5. The molecule has 1 saturated heterocycles. The van der Waals surface area contributed by atoms with Gasteiger partial charge in [-0.3, -0.25) is 19.1 Å². The first-order chi connectivity index (χ1) is 16.3. The Morgan fingerprint density at radius 1 is 1.06 bits per heavy atom. The third-order valence-corrected chi connectivity index (χ3v) is 5.69. The van der Waals surface area contributed by atoms with Crippen molar-refractivity contribution in [1.82, 2.24) is 19.3 Å². The van der Waals surface area contributed by atoms with Crippen LogP contribution in [0.1, 0.15) is 11.1 Å². The molecule has 5 rings (SSSR count). The van der Waals surface area contributed by atoms with E-state index in [0.717, 1.165) is 61.0 Å². The molecule has 0 atom stereocenters. The summed E-state index contributed by atoms with van der Waals surface area (Å²) in [6.45, 7) is 4.38. The molecule has 166 valence electrons. The first-order valence-corrected chi connectivity index (χ1v) is 11.0. The first kappa shape index (κ1) is 21.1. The van der Waals surface area contributed by atoms with Crippen LogP contribution < -0.4 is 5.32 Å². The van der Waals surface area contributed by atoms with Crippen LogP contribution in [0.2, 0.25) is 0 Å². The SMILES string of the molecule is O=C(C=Cc1cnccc1-c1cnc2ccccn12)Nc1ccc(CN2CCOCC2)cc1. The topological polar surface area (TPSA) is 71.8 Å². The highest BCUT2D eigenvalue weighted by Gasteiger charge is 2.11. The molecule has 1 aliphatic heterocycles. The van der Waals surface area contributed by atoms with E-state index in [0.29, 0.717) is 0 Å². The smallest absolute Gasteiger partial charge is 0.248 e. The zero-order chi connectivity index (χ0) is 22.5. The molecule has 0 aliphatic carbocycles. The molecule has 1 aliphatic rings. The molecule has 4 aromatic rings. The lowest BCUT2D eigenvalue weighted by atomic mass is 10.1. The molecule has 3 aromatic heterocycles. The van der Waals surface area contributed by atoms with Crippen molar-refractivity contribution in [3.8, 4) is 11.3 Å². The lowest BCUT2D eigenvalue weighted by Gasteiger charge is -2.26. The predicted molar refractivity (Wildman–Crippen MR) is 129 cm³/mol. The number of benzene rings is 1. The fourth-order valence-electron chi connectivity index (χ4n) is 3.96. The normalized spacial score (nSPS) is 14.7. The summed E-state index contributed by atoms with van der Waals surface area (Å²) >= 11 is 0. The Morgan fingerprint density at radius 2 is 1.91 bits per heavy atom. The van der Waals surface area contributed by atoms with Crippen LogP contribution in [0.4, 0.5) is 5.69 Å². The lowest BCUT2D eigenvalue weighted by molar-refractivity contribution is -0.111. The summed E-state index contributed by atoms with van der Waals surface area (Å²) in [6.07, 6.45) is 10.6. The molecule has 1 fully saturated rings. The fraction of sp³-hybridized carbons (Fsp3) is 0.192. The molecular weight excluding hydrogens is 414 g/mol. The number of amides is 1. The van der Waals surface area contributed by atoms with Crippen LogP contribution in [0.5, 0.6) is 0 Å². The minimum Gasteiger partial charge on any atom is -0.379 e. The van der Waals surface area contributed by atoms with E-state index in [2.05, 4.69) is 32.3 Å². The maximum atomic E-state index is 12.5. The number of ether oxygens (including phenoxy) is 1. The number of imidazole rings is 1. The maximum absolute atomic E-state index is 12.5. The summed E-state index contributed by atoms with van der Waals surface area (Å²) in [7, 11) is 0. The van der Waals surface area contributed by atoms with Crippen molar-refractivity contribution >= 4 is 23.3 Å². The van der Waals surface area contributed by atoms with E-state index in [4.69, 9.17) is 4.74 Å². The van der Waals surface area contributed by atoms with Crippen molar-refractivity contribution < 1.29 is 9.53 Å². The minimum absolute atomic E-state index is 0.191. The van der Waals surface area contributed by atoms with E-state index in [1.54, 1.807) is 18.5 Å². The quantitative estimate of drug-likeness (QED) is 0.462. The van der Waals surface area contributed by atoms with Crippen LogP contribution in [-0.2, 0) is 16.1 Å². The zero-order valence-electron chi connectivity index (χ0n) is 18.2. The van der Waals surface area contributed by atoms with Crippen molar-refractivity contribution in [3.05, 3.63) is 90.5 Å². The minimum atomic E-state index is -0.191. The fourth-order valence-corrected chi connectivity index (χ4v) is 3.96. The van der Waals surface area contributed by atoms with Gasteiger partial charge in [-0.2, -0.15) is 0 Å². The van der Waals surface area contributed by atoms with Crippen LogP contribution in [0.3, 0.4) is 0 Å². The highest BCUT2D eigenvalue weighted by molar-refractivity contribution is 6.02. The molecule has 7 heteroatoms. The number of pyridine rings is 2. The van der Waals surface area contributed by atoms with Gasteiger partial charge in [-0.05, 0) is 42.0 Å². The summed E-state index contributed by atoms with van der Waals surface area (Å²) in [5.74, 6) is -0.191. The van der Waals surface area contributed by atoms with Gasteiger partial charge in [0.1, 0.15) is 5.65 Å². The number of nitrogens with zero attached hydrogens (tertiary/aromatic N) is 4. The van der Waals surface area contributed by atoms with Gasteiger partial charge in [-0.1, -0.05) is 18.2 Å². The Labute approximate surface area is 192 Å². The Morgan fingerprint density at radius 3 is 2.76 bits per heavy atom. The molecule has 33 heavy (non-hydrogen) atoms. The van der Waals surface area contributed by atoms with Crippen molar-refractivity contribution in [2.75, 3.05) is 31.6 Å². The molecule has 4 heterocycles. The number of aromatic nitrogens is 3. The lowest BCUT2D eigenvalue weighted by Crippen LogP contribution is -2.35.